The summed E-state index contributed by atoms with van der Waals surface area (Å²) in [5.41, 5.74) is 0. The molecule has 0 radical (unpaired) electrons. The second-order valence-electron chi connectivity index (χ2n) is 3.96. The van der Waals surface area contributed by atoms with Gasteiger partial charge < -0.3 is 10.4 Å². The molecule has 3 nitrogen and oxygen atoms in total. The number of carboxylic acid groups (broad SMARTS) is 1. The van der Waals surface area contributed by atoms with Gasteiger partial charge in [-0.3, -0.25) is 0 Å². The zero-order valence-corrected chi connectivity index (χ0v) is 10.7. The van der Waals surface area contributed by atoms with Crippen molar-refractivity contribution in [3.05, 3.63) is 0 Å². The van der Waals surface area contributed by atoms with E-state index in [1.807, 2.05) is 0 Å². The van der Waals surface area contributed by atoms with Gasteiger partial charge in [0.05, 0.1) is 0 Å². The first kappa shape index (κ1) is 12.1. The molecule has 2 N–H and O–H groups in total. The normalized spacial score (nSPS) is 32.6. The van der Waals surface area contributed by atoms with Gasteiger partial charge in [0.15, 0.2) is 0 Å². The number of rotatable bonds is 3. The van der Waals surface area contributed by atoms with Gasteiger partial charge in [-0.1, -0.05) is 42.4 Å². The Bertz CT molecular complexity index is 199. The number of alkyl halides is 1. The van der Waals surface area contributed by atoms with Crippen LogP contribution in [0.3, 0.4) is 0 Å². The third kappa shape index (κ3) is 3.29. The van der Waals surface area contributed by atoms with Crippen molar-refractivity contribution < 1.29 is 9.90 Å². The minimum Gasteiger partial charge on any atom is -0.465 e. The first-order valence-corrected chi connectivity index (χ1v) is 6.53. The number of nitrogens with one attached hydrogen (secondary N) is 1. The van der Waals surface area contributed by atoms with Gasteiger partial charge in [-0.2, -0.15) is 0 Å². The first-order chi connectivity index (χ1) is 6.65. The Morgan fingerprint density at radius 3 is 2.86 bits per heavy atom. The average molecular weight is 311 g/mol. The summed E-state index contributed by atoms with van der Waals surface area (Å²) in [5, 5.41) is 11.4. The van der Waals surface area contributed by atoms with Crippen LogP contribution in [0.5, 0.6) is 0 Å². The monoisotopic (exact) mass is 311 g/mol. The van der Waals surface area contributed by atoms with E-state index in [0.717, 1.165) is 25.7 Å². The van der Waals surface area contributed by atoms with E-state index in [4.69, 9.17) is 5.11 Å². The molecule has 14 heavy (non-hydrogen) atoms. The number of amides is 1. The van der Waals surface area contributed by atoms with Crippen molar-refractivity contribution in [3.8, 4) is 0 Å². The fourth-order valence-electron chi connectivity index (χ4n) is 2.27. The maximum atomic E-state index is 10.6. The molecular weight excluding hydrogens is 293 g/mol. The third-order valence-corrected chi connectivity index (χ3v) is 4.45. The van der Waals surface area contributed by atoms with E-state index in [9.17, 15) is 4.79 Å². The van der Waals surface area contributed by atoms with Gasteiger partial charge >= 0.3 is 6.09 Å². The van der Waals surface area contributed by atoms with E-state index in [1.54, 1.807) is 0 Å². The van der Waals surface area contributed by atoms with Crippen LogP contribution in [0.2, 0.25) is 0 Å². The number of halogens is 1. The van der Waals surface area contributed by atoms with E-state index in [1.165, 1.54) is 6.42 Å². The van der Waals surface area contributed by atoms with Gasteiger partial charge in [-0.15, -0.1) is 0 Å². The van der Waals surface area contributed by atoms with Crippen molar-refractivity contribution in [1.82, 2.24) is 5.32 Å². The summed E-state index contributed by atoms with van der Waals surface area (Å²) in [6.45, 7) is 2.16. The molecule has 0 aromatic carbocycles. The number of carbonyl (C=O) groups is 1. The van der Waals surface area contributed by atoms with Gasteiger partial charge in [0.25, 0.3) is 0 Å². The standard InChI is InChI=1S/C10H18INO2/c1-2-4-7-8(11)5-3-6-9(7)12-10(13)14/h7-9,12H,2-6H2,1H3,(H,13,14). The molecule has 1 aliphatic rings. The van der Waals surface area contributed by atoms with Crippen LogP contribution >= 0.6 is 22.6 Å². The van der Waals surface area contributed by atoms with Crippen LogP contribution in [0, 0.1) is 5.92 Å². The molecule has 0 aromatic heterocycles. The second kappa shape index (κ2) is 5.78. The van der Waals surface area contributed by atoms with Crippen molar-refractivity contribution in [2.75, 3.05) is 0 Å². The lowest BCUT2D eigenvalue weighted by Gasteiger charge is -2.35. The smallest absolute Gasteiger partial charge is 0.404 e. The molecule has 0 aliphatic heterocycles. The minimum atomic E-state index is -0.874. The summed E-state index contributed by atoms with van der Waals surface area (Å²) in [6.07, 6.45) is 4.81. The quantitative estimate of drug-likeness (QED) is 0.622. The molecule has 0 bridgehead atoms. The van der Waals surface area contributed by atoms with Crippen LogP contribution in [-0.2, 0) is 0 Å². The molecule has 3 atom stereocenters. The topological polar surface area (TPSA) is 49.3 Å². The van der Waals surface area contributed by atoms with Crippen molar-refractivity contribution >= 4 is 28.7 Å². The zero-order chi connectivity index (χ0) is 10.6. The summed E-state index contributed by atoms with van der Waals surface area (Å²) < 4.78 is 0.637. The van der Waals surface area contributed by atoms with E-state index in [0.29, 0.717) is 9.84 Å². The Kier molecular flexibility index (Phi) is 4.98. The molecule has 0 saturated heterocycles. The Hall–Kier alpha value is 0. The maximum Gasteiger partial charge on any atom is 0.404 e. The van der Waals surface area contributed by atoms with Gasteiger partial charge in [-0.05, 0) is 25.2 Å². The van der Waals surface area contributed by atoms with Crippen LogP contribution in [0.4, 0.5) is 4.79 Å². The summed E-state index contributed by atoms with van der Waals surface area (Å²) in [4.78, 5) is 10.6. The number of hydrogen-bond donors (Lipinski definition) is 2. The lowest BCUT2D eigenvalue weighted by Crippen LogP contribution is -2.45. The Labute approximate surface area is 98.8 Å². The fourth-order valence-corrected chi connectivity index (χ4v) is 3.57. The molecule has 1 fully saturated rings. The van der Waals surface area contributed by atoms with Crippen LogP contribution in [0.25, 0.3) is 0 Å². The molecule has 3 unspecified atom stereocenters. The Balaban J connectivity index is 2.54. The predicted octanol–water partition coefficient (Wildman–Crippen LogP) is 3.03. The van der Waals surface area contributed by atoms with Crippen LogP contribution in [0.15, 0.2) is 0 Å². The largest absolute Gasteiger partial charge is 0.465 e. The SMILES string of the molecule is CCCC1C(I)CCCC1NC(=O)O. The molecule has 1 aliphatic carbocycles. The zero-order valence-electron chi connectivity index (χ0n) is 8.50. The van der Waals surface area contributed by atoms with E-state index >= 15 is 0 Å². The summed E-state index contributed by atoms with van der Waals surface area (Å²) in [5.74, 6) is 0.533. The van der Waals surface area contributed by atoms with Crippen molar-refractivity contribution in [2.24, 2.45) is 5.92 Å². The predicted molar refractivity (Wildman–Crippen MR) is 65.0 cm³/mol. The van der Waals surface area contributed by atoms with E-state index in [-0.39, 0.29) is 6.04 Å². The highest BCUT2D eigenvalue weighted by atomic mass is 127. The first-order valence-electron chi connectivity index (χ1n) is 5.28. The van der Waals surface area contributed by atoms with Gasteiger partial charge in [-0.25, -0.2) is 4.79 Å². The molecular formula is C10H18INO2. The third-order valence-electron chi connectivity index (χ3n) is 2.91. The van der Waals surface area contributed by atoms with E-state index in [2.05, 4.69) is 34.8 Å². The van der Waals surface area contributed by atoms with Crippen molar-refractivity contribution in [1.29, 1.82) is 0 Å². The molecule has 82 valence electrons. The number of hydrogen-bond acceptors (Lipinski definition) is 1. The van der Waals surface area contributed by atoms with Gasteiger partial charge in [0, 0.05) is 9.97 Å². The highest BCUT2D eigenvalue weighted by Crippen LogP contribution is 2.33. The lowest BCUT2D eigenvalue weighted by atomic mass is 9.82. The Morgan fingerprint density at radius 1 is 1.57 bits per heavy atom. The molecule has 0 heterocycles. The average Bonchev–Trinajstić information content (AvgIpc) is 2.10. The summed E-state index contributed by atoms with van der Waals surface area (Å²) in [7, 11) is 0. The van der Waals surface area contributed by atoms with Gasteiger partial charge in [0.1, 0.15) is 0 Å². The summed E-state index contributed by atoms with van der Waals surface area (Å²) >= 11 is 2.47. The van der Waals surface area contributed by atoms with Gasteiger partial charge in [0.2, 0.25) is 0 Å². The molecule has 1 rings (SSSR count). The highest BCUT2D eigenvalue weighted by molar-refractivity contribution is 14.1. The molecule has 4 heteroatoms. The van der Waals surface area contributed by atoms with Crippen molar-refractivity contribution in [3.63, 3.8) is 0 Å². The molecule has 1 amide bonds. The second-order valence-corrected chi connectivity index (χ2v) is 5.56. The minimum absolute atomic E-state index is 0.183. The van der Waals surface area contributed by atoms with Crippen LogP contribution in [-0.4, -0.2) is 21.2 Å². The van der Waals surface area contributed by atoms with E-state index < -0.39 is 6.09 Å². The molecule has 0 spiro atoms. The molecule has 1 saturated carbocycles. The lowest BCUT2D eigenvalue weighted by molar-refractivity contribution is 0.175. The highest BCUT2D eigenvalue weighted by Gasteiger charge is 2.31. The Morgan fingerprint density at radius 2 is 2.29 bits per heavy atom. The fraction of sp³-hybridized carbons (Fsp3) is 0.900. The van der Waals surface area contributed by atoms with Crippen molar-refractivity contribution in [2.45, 2.75) is 49.0 Å². The summed E-state index contributed by atoms with van der Waals surface area (Å²) in [6, 6.07) is 0.183. The molecule has 0 aromatic rings. The maximum absolute atomic E-state index is 10.6. The van der Waals surface area contributed by atoms with Crippen LogP contribution in [0.1, 0.15) is 39.0 Å². The van der Waals surface area contributed by atoms with Crippen LogP contribution < -0.4 is 5.32 Å².